The van der Waals surface area contributed by atoms with Crippen LogP contribution in [0.2, 0.25) is 0 Å². The van der Waals surface area contributed by atoms with Crippen molar-refractivity contribution >= 4 is 16.7 Å². The number of para-hydroxylation sites is 1. The van der Waals surface area contributed by atoms with Gasteiger partial charge in [0.2, 0.25) is 0 Å². The molecule has 1 aliphatic rings. The van der Waals surface area contributed by atoms with E-state index in [4.69, 9.17) is 0 Å². The summed E-state index contributed by atoms with van der Waals surface area (Å²) in [6.45, 7) is 0.668. The first-order chi connectivity index (χ1) is 10.3. The van der Waals surface area contributed by atoms with Gasteiger partial charge in [-0.1, -0.05) is 31.0 Å². The van der Waals surface area contributed by atoms with Crippen molar-refractivity contribution in [3.63, 3.8) is 0 Å². The molecule has 3 rings (SSSR count). The lowest BCUT2D eigenvalue weighted by atomic mass is 9.86. The van der Waals surface area contributed by atoms with Crippen molar-refractivity contribution in [2.24, 2.45) is 5.92 Å². The summed E-state index contributed by atoms with van der Waals surface area (Å²) in [5, 5.41) is 23.5. The van der Waals surface area contributed by atoms with Crippen LogP contribution in [-0.2, 0) is 0 Å². The van der Waals surface area contributed by atoms with Crippen LogP contribution in [0.5, 0.6) is 0 Å². The van der Waals surface area contributed by atoms with Crippen molar-refractivity contribution in [1.82, 2.24) is 4.98 Å². The summed E-state index contributed by atoms with van der Waals surface area (Å²) < 4.78 is 0. The Hall–Kier alpha value is -2.12. The summed E-state index contributed by atoms with van der Waals surface area (Å²) in [6.07, 6.45) is 3.94. The van der Waals surface area contributed by atoms with E-state index in [0.29, 0.717) is 17.9 Å². The Morgan fingerprint density at radius 2 is 2.10 bits per heavy atom. The number of aliphatic hydroxyl groups excluding tert-OH is 1. The van der Waals surface area contributed by atoms with Gasteiger partial charge in [-0.2, -0.15) is 5.26 Å². The molecular formula is C17H19N3O. The maximum absolute atomic E-state index is 10.0. The summed E-state index contributed by atoms with van der Waals surface area (Å²) in [4.78, 5) is 4.54. The maximum atomic E-state index is 10.0. The molecular weight excluding hydrogens is 262 g/mol. The van der Waals surface area contributed by atoms with Crippen molar-refractivity contribution in [1.29, 1.82) is 5.26 Å². The number of nitrogens with one attached hydrogen (secondary N) is 1. The largest absolute Gasteiger partial charge is 0.393 e. The van der Waals surface area contributed by atoms with E-state index in [-0.39, 0.29) is 12.0 Å². The zero-order chi connectivity index (χ0) is 14.7. The Morgan fingerprint density at radius 3 is 2.90 bits per heavy atom. The zero-order valence-corrected chi connectivity index (χ0v) is 11.9. The lowest BCUT2D eigenvalue weighted by Gasteiger charge is -2.27. The topological polar surface area (TPSA) is 68.9 Å². The molecule has 1 fully saturated rings. The van der Waals surface area contributed by atoms with E-state index in [2.05, 4.69) is 16.4 Å². The molecule has 2 aromatic rings. The highest BCUT2D eigenvalue weighted by Crippen LogP contribution is 2.26. The Balaban J connectivity index is 1.81. The van der Waals surface area contributed by atoms with E-state index >= 15 is 0 Å². The first-order valence-electron chi connectivity index (χ1n) is 7.50. The van der Waals surface area contributed by atoms with Gasteiger partial charge in [-0.25, -0.2) is 4.98 Å². The number of aromatic nitrogens is 1. The minimum Gasteiger partial charge on any atom is -0.393 e. The number of aliphatic hydroxyl groups is 1. The van der Waals surface area contributed by atoms with Gasteiger partial charge in [0.15, 0.2) is 0 Å². The molecule has 21 heavy (non-hydrogen) atoms. The van der Waals surface area contributed by atoms with Crippen molar-refractivity contribution in [2.75, 3.05) is 11.9 Å². The molecule has 2 N–H and O–H groups in total. The molecule has 1 heterocycles. The minimum atomic E-state index is -0.239. The predicted molar refractivity (Wildman–Crippen MR) is 82.9 cm³/mol. The van der Waals surface area contributed by atoms with E-state index < -0.39 is 0 Å². The molecule has 4 nitrogen and oxygen atoms in total. The highest BCUT2D eigenvalue weighted by atomic mass is 16.3. The fourth-order valence-electron chi connectivity index (χ4n) is 2.99. The summed E-state index contributed by atoms with van der Waals surface area (Å²) >= 11 is 0. The van der Waals surface area contributed by atoms with Crippen molar-refractivity contribution in [3.8, 4) is 6.07 Å². The van der Waals surface area contributed by atoms with Gasteiger partial charge in [-0.3, -0.25) is 0 Å². The van der Waals surface area contributed by atoms with Gasteiger partial charge in [0, 0.05) is 17.8 Å². The summed E-state index contributed by atoms with van der Waals surface area (Å²) in [6, 6.07) is 11.8. The summed E-state index contributed by atoms with van der Waals surface area (Å²) in [7, 11) is 0. The summed E-state index contributed by atoms with van der Waals surface area (Å²) in [5.74, 6) is 0.868. The van der Waals surface area contributed by atoms with Crippen LogP contribution in [0, 0.1) is 17.2 Å². The maximum Gasteiger partial charge on any atom is 0.144 e. The second-order valence-electron chi connectivity index (χ2n) is 5.68. The monoisotopic (exact) mass is 281 g/mol. The quantitative estimate of drug-likeness (QED) is 0.907. The molecule has 0 spiro atoms. The number of nitrogens with zero attached hydrogens (tertiary/aromatic N) is 2. The van der Waals surface area contributed by atoms with Crippen LogP contribution in [-0.4, -0.2) is 22.7 Å². The van der Waals surface area contributed by atoms with Crippen LogP contribution in [0.3, 0.4) is 0 Å². The number of rotatable bonds is 3. The van der Waals surface area contributed by atoms with Crippen molar-refractivity contribution in [3.05, 3.63) is 35.9 Å². The normalized spacial score (nSPS) is 21.9. The van der Waals surface area contributed by atoms with Crippen LogP contribution in [0.4, 0.5) is 5.82 Å². The molecule has 108 valence electrons. The number of hydrogen-bond acceptors (Lipinski definition) is 4. The van der Waals surface area contributed by atoms with E-state index in [0.717, 1.165) is 30.2 Å². The zero-order valence-electron chi connectivity index (χ0n) is 11.9. The highest BCUT2D eigenvalue weighted by molar-refractivity contribution is 5.82. The van der Waals surface area contributed by atoms with Crippen LogP contribution < -0.4 is 5.32 Å². The third-order valence-electron chi connectivity index (χ3n) is 4.25. The number of benzene rings is 1. The van der Waals surface area contributed by atoms with Crippen LogP contribution in [0.25, 0.3) is 10.9 Å². The fraction of sp³-hybridized carbons (Fsp3) is 0.412. The van der Waals surface area contributed by atoms with Gasteiger partial charge < -0.3 is 10.4 Å². The summed E-state index contributed by atoms with van der Waals surface area (Å²) in [5.41, 5.74) is 1.43. The second-order valence-corrected chi connectivity index (χ2v) is 5.68. The van der Waals surface area contributed by atoms with Gasteiger partial charge >= 0.3 is 0 Å². The molecule has 1 aromatic heterocycles. The van der Waals surface area contributed by atoms with Crippen LogP contribution >= 0.6 is 0 Å². The molecule has 2 atom stereocenters. The average Bonchev–Trinajstić information content (AvgIpc) is 2.53. The van der Waals surface area contributed by atoms with Crippen molar-refractivity contribution < 1.29 is 5.11 Å². The number of hydrogen-bond donors (Lipinski definition) is 2. The van der Waals surface area contributed by atoms with Crippen molar-refractivity contribution in [2.45, 2.75) is 31.8 Å². The molecule has 1 aliphatic carbocycles. The van der Waals surface area contributed by atoms with Gasteiger partial charge in [-0.15, -0.1) is 0 Å². The first-order valence-corrected chi connectivity index (χ1v) is 7.50. The van der Waals surface area contributed by atoms with E-state index in [1.54, 1.807) is 0 Å². The Kier molecular flexibility index (Phi) is 4.03. The average molecular weight is 281 g/mol. The lowest BCUT2D eigenvalue weighted by molar-refractivity contribution is 0.0763. The van der Waals surface area contributed by atoms with Crippen LogP contribution in [0.15, 0.2) is 30.3 Å². The Bertz CT molecular complexity index is 677. The van der Waals surface area contributed by atoms with Crippen LogP contribution in [0.1, 0.15) is 31.2 Å². The second kappa shape index (κ2) is 6.11. The minimum absolute atomic E-state index is 0.239. The molecule has 0 aliphatic heterocycles. The Morgan fingerprint density at radius 1 is 1.29 bits per heavy atom. The molecule has 0 amide bonds. The molecule has 0 bridgehead atoms. The third kappa shape index (κ3) is 2.98. The van der Waals surface area contributed by atoms with Gasteiger partial charge in [-0.05, 0) is 25.0 Å². The Labute approximate surface area is 124 Å². The molecule has 1 saturated carbocycles. The lowest BCUT2D eigenvalue weighted by Crippen LogP contribution is -2.30. The molecule has 0 saturated heterocycles. The van der Waals surface area contributed by atoms with Gasteiger partial charge in [0.25, 0.3) is 0 Å². The molecule has 1 aromatic carbocycles. The third-order valence-corrected chi connectivity index (χ3v) is 4.25. The number of anilines is 1. The van der Waals surface area contributed by atoms with Gasteiger partial charge in [0.05, 0.1) is 17.2 Å². The molecule has 2 unspecified atom stereocenters. The number of nitriles is 1. The SMILES string of the molecule is N#Cc1cc2ccccc2nc1NCC1CCCCC1O. The van der Waals surface area contributed by atoms with E-state index in [1.807, 2.05) is 30.3 Å². The number of fused-ring (bicyclic) bond motifs is 1. The number of pyridine rings is 1. The smallest absolute Gasteiger partial charge is 0.144 e. The fourth-order valence-corrected chi connectivity index (χ4v) is 2.99. The predicted octanol–water partition coefficient (Wildman–Crippen LogP) is 3.07. The first kappa shape index (κ1) is 13.8. The standard InChI is InChI=1S/C17H19N3O/c18-10-14-9-12-5-1-3-7-15(12)20-17(14)19-11-13-6-2-4-8-16(13)21/h1,3,5,7,9,13,16,21H,2,4,6,8,11H2,(H,19,20). The van der Waals surface area contributed by atoms with Gasteiger partial charge in [0.1, 0.15) is 11.9 Å². The highest BCUT2D eigenvalue weighted by Gasteiger charge is 2.23. The molecule has 0 radical (unpaired) electrons. The van der Waals surface area contributed by atoms with E-state index in [1.165, 1.54) is 6.42 Å². The molecule has 4 heteroatoms. The van der Waals surface area contributed by atoms with E-state index in [9.17, 15) is 10.4 Å².